The molecule has 0 saturated heterocycles. The summed E-state index contributed by atoms with van der Waals surface area (Å²) >= 11 is 0. The van der Waals surface area contributed by atoms with Gasteiger partial charge in [-0.15, -0.1) is 0 Å². The molecule has 0 radical (unpaired) electrons. The highest BCUT2D eigenvalue weighted by molar-refractivity contribution is 5.78. The average molecular weight is 397 g/mol. The molecule has 1 fully saturated rings. The van der Waals surface area contributed by atoms with E-state index in [0.717, 1.165) is 0 Å². The van der Waals surface area contributed by atoms with Gasteiger partial charge in [0.2, 0.25) is 0 Å². The minimum Gasteiger partial charge on any atom is -0.460 e. The number of nitrogens with zero attached hydrogens (tertiary/aromatic N) is 1. The molecule has 0 heterocycles. The summed E-state index contributed by atoms with van der Waals surface area (Å²) in [6.45, 7) is 5.31. The molecule has 2 atom stereocenters. The van der Waals surface area contributed by atoms with E-state index < -0.39 is 71.3 Å². The fourth-order valence-corrected chi connectivity index (χ4v) is 3.20. The van der Waals surface area contributed by atoms with Gasteiger partial charge in [0, 0.05) is 24.2 Å². The van der Waals surface area contributed by atoms with Crippen molar-refractivity contribution in [1.29, 1.82) is 5.26 Å². The summed E-state index contributed by atoms with van der Waals surface area (Å²) in [5.41, 5.74) is -2.23. The first-order valence-corrected chi connectivity index (χ1v) is 8.47. The third-order valence-electron chi connectivity index (χ3n) is 5.04. The maximum Gasteiger partial charge on any atom is 0.310 e. The minimum absolute atomic E-state index is 0.272. The van der Waals surface area contributed by atoms with Crippen molar-refractivity contribution in [2.75, 3.05) is 6.61 Å². The SMILES string of the molecule is C=C/C(C#N)=C/[C@@H]1[C@@H](C(=O)OCc2c(F)c(F)c(CCO)c(F)c2F)C1(C)C. The van der Waals surface area contributed by atoms with Crippen molar-refractivity contribution in [3.63, 3.8) is 0 Å². The second kappa shape index (κ2) is 8.15. The number of carbonyl (C=O) groups is 1. The van der Waals surface area contributed by atoms with Crippen LogP contribution in [0.2, 0.25) is 0 Å². The Hall–Kier alpha value is -2.66. The molecule has 1 aromatic rings. The van der Waals surface area contributed by atoms with Gasteiger partial charge in [-0.1, -0.05) is 32.6 Å². The summed E-state index contributed by atoms with van der Waals surface area (Å²) in [4.78, 5) is 12.3. The quantitative estimate of drug-likeness (QED) is 0.250. The van der Waals surface area contributed by atoms with Crippen molar-refractivity contribution < 1.29 is 32.2 Å². The Kier molecular flexibility index (Phi) is 6.30. The molecule has 0 amide bonds. The highest BCUT2D eigenvalue weighted by Crippen LogP contribution is 2.60. The van der Waals surface area contributed by atoms with Gasteiger partial charge in [0.05, 0.1) is 17.6 Å². The topological polar surface area (TPSA) is 70.3 Å². The van der Waals surface area contributed by atoms with Crippen LogP contribution in [-0.2, 0) is 22.6 Å². The standard InChI is InChI=1S/C20H19F4NO3/c1-4-10(8-25)7-13-14(20(13,2)3)19(27)28-9-12-17(23)15(21)11(5-6-26)16(22)18(12)24/h4,7,13-14,26H,1,5-6,9H2,2-3H3/b10-7-/t13-,14+/m1/s1. The summed E-state index contributed by atoms with van der Waals surface area (Å²) in [6, 6.07) is 1.91. The number of aliphatic hydroxyl groups excluding tert-OH is 1. The van der Waals surface area contributed by atoms with Crippen LogP contribution in [-0.4, -0.2) is 17.7 Å². The number of hydrogen-bond acceptors (Lipinski definition) is 4. The minimum atomic E-state index is -1.67. The fourth-order valence-electron chi connectivity index (χ4n) is 3.20. The fraction of sp³-hybridized carbons (Fsp3) is 0.400. The smallest absolute Gasteiger partial charge is 0.310 e. The lowest BCUT2D eigenvalue weighted by Crippen LogP contribution is -2.15. The molecule has 4 nitrogen and oxygen atoms in total. The van der Waals surface area contributed by atoms with Crippen LogP contribution in [0.1, 0.15) is 25.0 Å². The number of benzene rings is 1. The number of rotatable bonds is 7. The molecule has 28 heavy (non-hydrogen) atoms. The van der Waals surface area contributed by atoms with Crippen LogP contribution in [0.3, 0.4) is 0 Å². The monoisotopic (exact) mass is 397 g/mol. The third kappa shape index (κ3) is 3.80. The van der Waals surface area contributed by atoms with Gasteiger partial charge in [-0.3, -0.25) is 4.79 Å². The molecule has 0 aromatic heterocycles. The van der Waals surface area contributed by atoms with Gasteiger partial charge < -0.3 is 9.84 Å². The van der Waals surface area contributed by atoms with Crippen molar-refractivity contribution in [1.82, 2.24) is 0 Å². The molecular weight excluding hydrogens is 378 g/mol. The number of ether oxygens (including phenoxy) is 1. The van der Waals surface area contributed by atoms with Gasteiger partial charge in [0.1, 0.15) is 6.61 Å². The second-order valence-corrected chi connectivity index (χ2v) is 7.06. The van der Waals surface area contributed by atoms with Gasteiger partial charge in [0.25, 0.3) is 0 Å². The Morgan fingerprint density at radius 2 is 1.75 bits per heavy atom. The highest BCUT2D eigenvalue weighted by Gasteiger charge is 2.61. The lowest BCUT2D eigenvalue weighted by atomic mass is 10.1. The molecule has 150 valence electrons. The van der Waals surface area contributed by atoms with Gasteiger partial charge in [0.15, 0.2) is 23.3 Å². The lowest BCUT2D eigenvalue weighted by molar-refractivity contribution is -0.147. The molecule has 0 spiro atoms. The number of carbonyl (C=O) groups excluding carboxylic acids is 1. The van der Waals surface area contributed by atoms with E-state index in [0.29, 0.717) is 0 Å². The third-order valence-corrected chi connectivity index (χ3v) is 5.04. The summed E-state index contributed by atoms with van der Waals surface area (Å²) in [7, 11) is 0. The number of allylic oxidation sites excluding steroid dienone is 3. The molecule has 1 aliphatic rings. The van der Waals surface area contributed by atoms with Crippen LogP contribution >= 0.6 is 0 Å². The first-order valence-electron chi connectivity index (χ1n) is 8.47. The van der Waals surface area contributed by atoms with Gasteiger partial charge >= 0.3 is 5.97 Å². The molecule has 2 rings (SSSR count). The molecule has 0 bridgehead atoms. The maximum atomic E-state index is 14.1. The predicted octanol–water partition coefficient (Wildman–Crippen LogP) is 3.73. The van der Waals surface area contributed by atoms with Crippen molar-refractivity contribution in [3.05, 3.63) is 58.7 Å². The van der Waals surface area contributed by atoms with Crippen molar-refractivity contribution in [3.8, 4) is 6.07 Å². The number of halogens is 4. The van der Waals surface area contributed by atoms with Gasteiger partial charge in [-0.25, -0.2) is 17.6 Å². The van der Waals surface area contributed by atoms with Crippen molar-refractivity contribution in [2.24, 2.45) is 17.3 Å². The number of hydrogen-bond donors (Lipinski definition) is 1. The molecule has 1 saturated carbocycles. The van der Waals surface area contributed by atoms with E-state index in [9.17, 15) is 22.4 Å². The Bertz CT molecular complexity index is 857. The second-order valence-electron chi connectivity index (χ2n) is 7.06. The van der Waals surface area contributed by atoms with Crippen molar-refractivity contribution >= 4 is 5.97 Å². The van der Waals surface area contributed by atoms with Crippen molar-refractivity contribution in [2.45, 2.75) is 26.9 Å². The van der Waals surface area contributed by atoms with Crippen LogP contribution in [0.25, 0.3) is 0 Å². The van der Waals surface area contributed by atoms with E-state index in [4.69, 9.17) is 15.1 Å². The summed E-state index contributed by atoms with van der Waals surface area (Å²) < 4.78 is 60.9. The van der Waals surface area contributed by atoms with E-state index in [1.165, 1.54) is 6.08 Å². The average Bonchev–Trinajstić information content (AvgIpc) is 3.21. The molecular formula is C20H19F4NO3. The van der Waals surface area contributed by atoms with Crippen LogP contribution in [0.15, 0.2) is 24.3 Å². The lowest BCUT2D eigenvalue weighted by Gasteiger charge is -2.12. The summed E-state index contributed by atoms with van der Waals surface area (Å²) in [5, 5.41) is 17.7. The van der Waals surface area contributed by atoms with Gasteiger partial charge in [-0.05, 0) is 11.3 Å². The van der Waals surface area contributed by atoms with E-state index in [-0.39, 0.29) is 11.5 Å². The number of aliphatic hydroxyl groups is 1. The normalized spacial score (nSPS) is 20.4. The molecule has 1 aromatic carbocycles. The molecule has 1 N–H and O–H groups in total. The Morgan fingerprint density at radius 3 is 2.21 bits per heavy atom. The van der Waals surface area contributed by atoms with Crippen LogP contribution < -0.4 is 0 Å². The first-order chi connectivity index (χ1) is 13.1. The highest BCUT2D eigenvalue weighted by atomic mass is 19.2. The maximum absolute atomic E-state index is 14.1. The Morgan fingerprint density at radius 1 is 1.21 bits per heavy atom. The van der Waals surface area contributed by atoms with E-state index in [1.54, 1.807) is 19.9 Å². The molecule has 1 aliphatic carbocycles. The summed E-state index contributed by atoms with van der Waals surface area (Å²) in [5.74, 6) is -8.41. The zero-order chi connectivity index (χ0) is 21.2. The van der Waals surface area contributed by atoms with Crippen LogP contribution in [0, 0.1) is 51.9 Å². The Balaban J connectivity index is 2.19. The van der Waals surface area contributed by atoms with Crippen LogP contribution in [0.5, 0.6) is 0 Å². The zero-order valence-corrected chi connectivity index (χ0v) is 15.4. The largest absolute Gasteiger partial charge is 0.460 e. The Labute approximate surface area is 159 Å². The first kappa shape index (κ1) is 21.6. The molecule has 0 unspecified atom stereocenters. The van der Waals surface area contributed by atoms with Gasteiger partial charge in [-0.2, -0.15) is 5.26 Å². The predicted molar refractivity (Wildman–Crippen MR) is 91.5 cm³/mol. The summed E-state index contributed by atoms with van der Waals surface area (Å²) in [6.07, 6.45) is 2.30. The molecule has 0 aliphatic heterocycles. The van der Waals surface area contributed by atoms with E-state index in [2.05, 4.69) is 6.58 Å². The molecule has 8 heteroatoms. The number of nitriles is 1. The van der Waals surface area contributed by atoms with E-state index >= 15 is 0 Å². The van der Waals surface area contributed by atoms with Crippen LogP contribution in [0.4, 0.5) is 17.6 Å². The zero-order valence-electron chi connectivity index (χ0n) is 15.4. The number of esters is 1. The van der Waals surface area contributed by atoms with E-state index in [1.807, 2.05) is 6.07 Å².